The quantitative estimate of drug-likeness (QED) is 0.383. The summed E-state index contributed by atoms with van der Waals surface area (Å²) in [6, 6.07) is 0. The van der Waals surface area contributed by atoms with E-state index in [-0.39, 0.29) is 64.4 Å². The van der Waals surface area contributed by atoms with Crippen LogP contribution in [-0.2, 0) is 61.3 Å². The Labute approximate surface area is 131 Å². The van der Waals surface area contributed by atoms with E-state index in [1.165, 1.54) is 48.1 Å². The molecule has 0 aliphatic heterocycles. The Bertz CT molecular complexity index is 482. The molecule has 0 N–H and O–H groups in total. The third-order valence-corrected chi connectivity index (χ3v) is 1.85. The van der Waals surface area contributed by atoms with Crippen LogP contribution < -0.4 is 0 Å². The Hall–Kier alpha value is -1.34. The monoisotopic (exact) mass is 580 g/mol. The van der Waals surface area contributed by atoms with E-state index in [9.17, 15) is 19.2 Å². The standard InChI is InChI=1S/C12H4O4.2W/c13-5-9-1-2-10(6-14)12(8-16)4-3-11(9)7-15;;/h1-4H;;/q;;+4. The zero-order chi connectivity index (χ0) is 12.0. The first kappa shape index (κ1) is 19.0. The van der Waals surface area contributed by atoms with Crippen LogP contribution >= 0.6 is 0 Å². The Balaban J connectivity index is 0. The first-order valence-electron chi connectivity index (χ1n) is 4.14. The van der Waals surface area contributed by atoms with Crippen molar-refractivity contribution < 1.29 is 61.3 Å². The summed E-state index contributed by atoms with van der Waals surface area (Å²) in [7, 11) is 0. The molecule has 1 aliphatic rings. The molecule has 1 rings (SSSR count). The summed E-state index contributed by atoms with van der Waals surface area (Å²) in [6.45, 7) is 0. The molecular formula is C12H4O4W2+4. The molecule has 0 saturated heterocycles. The van der Waals surface area contributed by atoms with Gasteiger partial charge in [0.2, 0.25) is 0 Å². The van der Waals surface area contributed by atoms with Gasteiger partial charge in [0, 0.05) is 21.1 Å². The molecule has 0 radical (unpaired) electrons. The molecule has 0 heterocycles. The van der Waals surface area contributed by atoms with Crippen LogP contribution in [0.25, 0.3) is 0 Å². The van der Waals surface area contributed by atoms with Crippen LogP contribution in [0.1, 0.15) is 0 Å². The van der Waals surface area contributed by atoms with Gasteiger partial charge in [-0.05, 0) is 24.3 Å². The predicted molar refractivity (Wildman–Crippen MR) is 55.1 cm³/mol. The van der Waals surface area contributed by atoms with Gasteiger partial charge >= 0.3 is 21.1 Å². The van der Waals surface area contributed by atoms with Crippen molar-refractivity contribution >= 4 is 23.8 Å². The molecule has 1 aliphatic carbocycles. The minimum atomic E-state index is -0.0519. The third kappa shape index (κ3) is 4.50. The minimum absolute atomic E-state index is 0. The molecule has 0 aromatic carbocycles. The van der Waals surface area contributed by atoms with E-state index in [2.05, 4.69) is 0 Å². The molecule has 0 saturated carbocycles. The van der Waals surface area contributed by atoms with E-state index in [1.54, 1.807) is 0 Å². The van der Waals surface area contributed by atoms with E-state index in [0.717, 1.165) is 0 Å². The largest absolute Gasteiger partial charge is 4.00 e. The summed E-state index contributed by atoms with van der Waals surface area (Å²) in [4.78, 5) is 42.0. The fourth-order valence-electron chi connectivity index (χ4n) is 1.05. The van der Waals surface area contributed by atoms with E-state index < -0.39 is 0 Å². The molecule has 18 heavy (non-hydrogen) atoms. The molecule has 0 bridgehead atoms. The van der Waals surface area contributed by atoms with Gasteiger partial charge in [-0.3, -0.25) is 0 Å². The molecule has 84 valence electrons. The summed E-state index contributed by atoms with van der Waals surface area (Å²) in [5.41, 5.74) is -0.208. The first-order valence-corrected chi connectivity index (χ1v) is 4.14. The van der Waals surface area contributed by atoms with Gasteiger partial charge in [0.25, 0.3) is 0 Å². The number of carbonyl (C=O) groups excluding carboxylic acids is 4. The summed E-state index contributed by atoms with van der Waals surface area (Å²) >= 11 is 0. The van der Waals surface area contributed by atoms with Crippen molar-refractivity contribution in [2.45, 2.75) is 0 Å². The van der Waals surface area contributed by atoms with Gasteiger partial charge < -0.3 is 0 Å². The van der Waals surface area contributed by atoms with Crippen LogP contribution in [0.5, 0.6) is 0 Å². The molecule has 4 nitrogen and oxygen atoms in total. The minimum Gasteiger partial charge on any atom is -0.233 e. The number of rotatable bonds is 0. The predicted octanol–water partition coefficient (Wildman–Crippen LogP) is 0.139. The average molecular weight is 580 g/mol. The second-order valence-electron chi connectivity index (χ2n) is 2.73. The van der Waals surface area contributed by atoms with Crippen molar-refractivity contribution in [2.75, 3.05) is 0 Å². The molecule has 0 spiro atoms. The van der Waals surface area contributed by atoms with Crippen LogP contribution in [0.2, 0.25) is 0 Å². The van der Waals surface area contributed by atoms with Gasteiger partial charge in [-0.2, -0.15) is 0 Å². The van der Waals surface area contributed by atoms with Gasteiger partial charge in [-0.15, -0.1) is 0 Å². The van der Waals surface area contributed by atoms with Gasteiger partial charge in [0.05, 0.1) is 22.3 Å². The van der Waals surface area contributed by atoms with E-state index in [1.807, 2.05) is 0 Å². The van der Waals surface area contributed by atoms with Crippen molar-refractivity contribution in [3.63, 3.8) is 0 Å². The van der Waals surface area contributed by atoms with Gasteiger partial charge in [-0.1, -0.05) is 0 Å². The van der Waals surface area contributed by atoms with Gasteiger partial charge in [0.15, 0.2) is 0 Å². The normalized spacial score (nSPS) is 12.9. The maximum atomic E-state index is 10.5. The van der Waals surface area contributed by atoms with E-state index in [4.69, 9.17) is 0 Å². The van der Waals surface area contributed by atoms with Crippen molar-refractivity contribution in [1.82, 2.24) is 0 Å². The smallest absolute Gasteiger partial charge is 0.233 e. The second kappa shape index (κ2) is 9.66. The van der Waals surface area contributed by atoms with Crippen molar-refractivity contribution in [3.05, 3.63) is 46.6 Å². The topological polar surface area (TPSA) is 68.3 Å². The molecule has 0 atom stereocenters. The zero-order valence-corrected chi connectivity index (χ0v) is 14.6. The number of hydrogen-bond donors (Lipinski definition) is 0. The molecular weight excluding hydrogens is 576 g/mol. The van der Waals surface area contributed by atoms with Gasteiger partial charge in [-0.25, -0.2) is 19.2 Å². The van der Waals surface area contributed by atoms with Gasteiger partial charge in [0.1, 0.15) is 23.8 Å². The van der Waals surface area contributed by atoms with E-state index >= 15 is 0 Å². The second-order valence-corrected chi connectivity index (χ2v) is 2.73. The van der Waals surface area contributed by atoms with Crippen LogP contribution in [0, 0.1) is 0 Å². The molecule has 0 amide bonds. The Morgan fingerprint density at radius 2 is 0.722 bits per heavy atom. The Morgan fingerprint density at radius 3 is 0.833 bits per heavy atom. The summed E-state index contributed by atoms with van der Waals surface area (Å²) < 4.78 is 0. The number of allylic oxidation sites excluding steroid dienone is 8. The first-order chi connectivity index (χ1) is 7.76. The third-order valence-electron chi connectivity index (χ3n) is 1.85. The Morgan fingerprint density at radius 1 is 0.556 bits per heavy atom. The zero-order valence-electron chi connectivity index (χ0n) is 8.76. The van der Waals surface area contributed by atoms with Crippen molar-refractivity contribution in [3.8, 4) is 0 Å². The summed E-state index contributed by atoms with van der Waals surface area (Å²) in [5.74, 6) is 6.11. The molecule has 0 aromatic rings. The fourth-order valence-corrected chi connectivity index (χ4v) is 1.05. The van der Waals surface area contributed by atoms with Crippen LogP contribution in [0.3, 0.4) is 0 Å². The average Bonchev–Trinajstić information content (AvgIpc) is 2.30. The molecule has 0 aromatic heterocycles. The summed E-state index contributed by atoms with van der Waals surface area (Å²) in [5, 5.41) is 0. The van der Waals surface area contributed by atoms with Crippen molar-refractivity contribution in [1.29, 1.82) is 0 Å². The maximum absolute atomic E-state index is 10.5. The van der Waals surface area contributed by atoms with E-state index in [0.29, 0.717) is 0 Å². The number of hydrogen-bond acceptors (Lipinski definition) is 4. The fraction of sp³-hybridized carbons (Fsp3) is 0. The van der Waals surface area contributed by atoms with Crippen LogP contribution in [-0.4, -0.2) is 23.8 Å². The molecule has 0 fully saturated rings. The van der Waals surface area contributed by atoms with Crippen LogP contribution in [0.15, 0.2) is 46.6 Å². The molecule has 0 unspecified atom stereocenters. The molecule has 6 heteroatoms. The Kier molecular flexibility index (Phi) is 10.2. The van der Waals surface area contributed by atoms with Crippen molar-refractivity contribution in [2.24, 2.45) is 0 Å². The summed E-state index contributed by atoms with van der Waals surface area (Å²) in [6.07, 6.45) is 4.76. The SMILES string of the molecule is O=C=C1C=CC(=C=O)C(=C=O)C=CC1=C=O.[W+4].[W]. The maximum Gasteiger partial charge on any atom is 4.00 e. The van der Waals surface area contributed by atoms with Crippen LogP contribution in [0.4, 0.5) is 0 Å².